The standard InChI is InChI=1S/C8H13N/c1-7(2)4-5-8(3)6-9/h8H,1,4-5H2,2-3H3. The number of allylic oxidation sites excluding steroid dienone is 1. The lowest BCUT2D eigenvalue weighted by Crippen LogP contribution is -1.88. The van der Waals surface area contributed by atoms with Gasteiger partial charge in [0.1, 0.15) is 0 Å². The Morgan fingerprint density at radius 2 is 2.33 bits per heavy atom. The van der Waals surface area contributed by atoms with E-state index in [0.717, 1.165) is 18.4 Å². The number of rotatable bonds is 3. The van der Waals surface area contributed by atoms with Crippen LogP contribution in [0.1, 0.15) is 26.7 Å². The van der Waals surface area contributed by atoms with E-state index in [4.69, 9.17) is 5.26 Å². The fourth-order valence-corrected chi connectivity index (χ4v) is 0.527. The highest BCUT2D eigenvalue weighted by Gasteiger charge is 1.97. The summed E-state index contributed by atoms with van der Waals surface area (Å²) in [7, 11) is 0. The van der Waals surface area contributed by atoms with E-state index in [0.29, 0.717) is 0 Å². The van der Waals surface area contributed by atoms with Crippen molar-refractivity contribution >= 4 is 0 Å². The number of hydrogen-bond donors (Lipinski definition) is 0. The van der Waals surface area contributed by atoms with E-state index in [2.05, 4.69) is 12.6 Å². The predicted molar refractivity (Wildman–Crippen MR) is 38.8 cm³/mol. The van der Waals surface area contributed by atoms with Crippen LogP contribution in [0.2, 0.25) is 0 Å². The Bertz CT molecular complexity index is 130. The third-order valence-corrected chi connectivity index (χ3v) is 1.22. The van der Waals surface area contributed by atoms with Gasteiger partial charge in [0.05, 0.1) is 6.07 Å². The Morgan fingerprint density at radius 3 is 2.67 bits per heavy atom. The van der Waals surface area contributed by atoms with Gasteiger partial charge in [-0.15, -0.1) is 6.58 Å². The van der Waals surface area contributed by atoms with Gasteiger partial charge < -0.3 is 0 Å². The number of hydrogen-bond acceptors (Lipinski definition) is 1. The highest BCUT2D eigenvalue weighted by Crippen LogP contribution is 2.08. The zero-order valence-electron chi connectivity index (χ0n) is 6.15. The zero-order chi connectivity index (χ0) is 7.28. The lowest BCUT2D eigenvalue weighted by molar-refractivity contribution is 0.658. The van der Waals surface area contributed by atoms with E-state index in [1.807, 2.05) is 13.8 Å². The Hall–Kier alpha value is -0.770. The highest BCUT2D eigenvalue weighted by molar-refractivity contribution is 4.90. The SMILES string of the molecule is C=C(C)CCC(C)C#N. The summed E-state index contributed by atoms with van der Waals surface area (Å²) in [4.78, 5) is 0. The third-order valence-electron chi connectivity index (χ3n) is 1.22. The summed E-state index contributed by atoms with van der Waals surface area (Å²) < 4.78 is 0. The molecule has 0 radical (unpaired) electrons. The molecule has 50 valence electrons. The molecule has 0 spiro atoms. The summed E-state index contributed by atoms with van der Waals surface area (Å²) in [5.41, 5.74) is 1.16. The quantitative estimate of drug-likeness (QED) is 0.529. The summed E-state index contributed by atoms with van der Waals surface area (Å²) >= 11 is 0. The molecular weight excluding hydrogens is 110 g/mol. The Balaban J connectivity index is 3.30. The minimum absolute atomic E-state index is 0.182. The molecule has 1 unspecified atom stereocenters. The van der Waals surface area contributed by atoms with Gasteiger partial charge in [0.15, 0.2) is 0 Å². The molecule has 0 aliphatic carbocycles. The van der Waals surface area contributed by atoms with Crippen LogP contribution in [0.3, 0.4) is 0 Å². The van der Waals surface area contributed by atoms with Gasteiger partial charge in [-0.3, -0.25) is 0 Å². The van der Waals surface area contributed by atoms with E-state index in [9.17, 15) is 0 Å². The highest BCUT2D eigenvalue weighted by atomic mass is 14.3. The molecule has 9 heavy (non-hydrogen) atoms. The average Bonchev–Trinajstić information content (AvgIpc) is 1.83. The molecule has 0 heterocycles. The first-order valence-corrected chi connectivity index (χ1v) is 3.20. The molecule has 0 saturated carbocycles. The molecule has 0 aromatic carbocycles. The van der Waals surface area contributed by atoms with E-state index in [1.165, 1.54) is 0 Å². The van der Waals surface area contributed by atoms with Crippen molar-refractivity contribution in [3.63, 3.8) is 0 Å². The maximum atomic E-state index is 8.37. The molecular formula is C8H13N. The molecule has 0 rings (SSSR count). The van der Waals surface area contributed by atoms with Gasteiger partial charge in [0, 0.05) is 5.92 Å². The molecule has 0 aromatic heterocycles. The molecule has 0 N–H and O–H groups in total. The van der Waals surface area contributed by atoms with Crippen LogP contribution >= 0.6 is 0 Å². The molecule has 0 aliphatic heterocycles. The third kappa shape index (κ3) is 5.10. The van der Waals surface area contributed by atoms with Crippen molar-refractivity contribution in [2.45, 2.75) is 26.7 Å². The van der Waals surface area contributed by atoms with Crippen LogP contribution in [0, 0.1) is 17.2 Å². The van der Waals surface area contributed by atoms with Crippen molar-refractivity contribution in [2.75, 3.05) is 0 Å². The van der Waals surface area contributed by atoms with Gasteiger partial charge in [-0.25, -0.2) is 0 Å². The van der Waals surface area contributed by atoms with Gasteiger partial charge in [-0.2, -0.15) is 5.26 Å². The Labute approximate surface area is 57.0 Å². The zero-order valence-corrected chi connectivity index (χ0v) is 6.15. The molecule has 0 aliphatic rings. The minimum Gasteiger partial charge on any atom is -0.198 e. The largest absolute Gasteiger partial charge is 0.198 e. The van der Waals surface area contributed by atoms with Crippen molar-refractivity contribution in [2.24, 2.45) is 5.92 Å². The molecule has 0 bridgehead atoms. The maximum Gasteiger partial charge on any atom is 0.0652 e. The van der Waals surface area contributed by atoms with Crippen LogP contribution in [0.15, 0.2) is 12.2 Å². The van der Waals surface area contributed by atoms with Crippen molar-refractivity contribution in [1.82, 2.24) is 0 Å². The van der Waals surface area contributed by atoms with Gasteiger partial charge >= 0.3 is 0 Å². The van der Waals surface area contributed by atoms with Gasteiger partial charge in [0.25, 0.3) is 0 Å². The first kappa shape index (κ1) is 8.23. The molecule has 1 atom stereocenters. The average molecular weight is 123 g/mol. The fraction of sp³-hybridized carbons (Fsp3) is 0.625. The van der Waals surface area contributed by atoms with Crippen LogP contribution in [0.5, 0.6) is 0 Å². The molecule has 0 amide bonds. The molecule has 0 aromatic rings. The van der Waals surface area contributed by atoms with Crippen molar-refractivity contribution < 1.29 is 0 Å². The van der Waals surface area contributed by atoms with Gasteiger partial charge in [-0.05, 0) is 26.7 Å². The Kier molecular flexibility index (Phi) is 3.79. The second-order valence-electron chi connectivity index (χ2n) is 2.53. The van der Waals surface area contributed by atoms with Crippen LogP contribution in [-0.2, 0) is 0 Å². The van der Waals surface area contributed by atoms with Gasteiger partial charge in [0.2, 0.25) is 0 Å². The number of nitrogens with zero attached hydrogens (tertiary/aromatic N) is 1. The van der Waals surface area contributed by atoms with Crippen molar-refractivity contribution in [1.29, 1.82) is 5.26 Å². The summed E-state index contributed by atoms with van der Waals surface area (Å²) in [5, 5.41) is 8.37. The smallest absolute Gasteiger partial charge is 0.0652 e. The van der Waals surface area contributed by atoms with E-state index >= 15 is 0 Å². The summed E-state index contributed by atoms with van der Waals surface area (Å²) in [6.45, 7) is 7.68. The normalized spacial score (nSPS) is 12.1. The second-order valence-corrected chi connectivity index (χ2v) is 2.53. The Morgan fingerprint density at radius 1 is 1.78 bits per heavy atom. The van der Waals surface area contributed by atoms with E-state index in [1.54, 1.807) is 0 Å². The maximum absolute atomic E-state index is 8.37. The monoisotopic (exact) mass is 123 g/mol. The van der Waals surface area contributed by atoms with E-state index < -0.39 is 0 Å². The molecule has 0 fully saturated rings. The van der Waals surface area contributed by atoms with Crippen LogP contribution in [-0.4, -0.2) is 0 Å². The minimum atomic E-state index is 0.182. The second kappa shape index (κ2) is 4.14. The van der Waals surface area contributed by atoms with Crippen molar-refractivity contribution in [3.05, 3.63) is 12.2 Å². The summed E-state index contributed by atoms with van der Waals surface area (Å²) in [5.74, 6) is 0.182. The van der Waals surface area contributed by atoms with E-state index in [-0.39, 0.29) is 5.92 Å². The van der Waals surface area contributed by atoms with Gasteiger partial charge in [-0.1, -0.05) is 5.57 Å². The first-order chi connectivity index (χ1) is 4.16. The lowest BCUT2D eigenvalue weighted by atomic mass is 10.0. The predicted octanol–water partition coefficient (Wildman–Crippen LogP) is 2.50. The fourth-order valence-electron chi connectivity index (χ4n) is 0.527. The lowest BCUT2D eigenvalue weighted by Gasteiger charge is -1.99. The van der Waals surface area contributed by atoms with Crippen molar-refractivity contribution in [3.8, 4) is 6.07 Å². The van der Waals surface area contributed by atoms with Crippen LogP contribution < -0.4 is 0 Å². The number of nitriles is 1. The summed E-state index contributed by atoms with van der Waals surface area (Å²) in [6, 6.07) is 2.18. The summed E-state index contributed by atoms with van der Waals surface area (Å²) in [6.07, 6.45) is 1.93. The van der Waals surface area contributed by atoms with Crippen LogP contribution in [0.4, 0.5) is 0 Å². The topological polar surface area (TPSA) is 23.8 Å². The molecule has 1 heteroatoms. The molecule has 0 saturated heterocycles. The first-order valence-electron chi connectivity index (χ1n) is 3.20. The van der Waals surface area contributed by atoms with Crippen LogP contribution in [0.25, 0.3) is 0 Å². The molecule has 1 nitrogen and oxygen atoms in total.